The van der Waals surface area contributed by atoms with Gasteiger partial charge in [-0.15, -0.1) is 0 Å². The van der Waals surface area contributed by atoms with Crippen LogP contribution in [-0.4, -0.2) is 34.4 Å². The van der Waals surface area contributed by atoms with Crippen LogP contribution in [-0.2, 0) is 0 Å². The molecule has 1 amide bonds. The zero-order valence-corrected chi connectivity index (χ0v) is 13.1. The van der Waals surface area contributed by atoms with Gasteiger partial charge in [-0.2, -0.15) is 10.2 Å². The number of nitro groups is 1. The van der Waals surface area contributed by atoms with Gasteiger partial charge in [-0.1, -0.05) is 23.2 Å². The molecule has 120 valence electrons. The number of amides is 1. The summed E-state index contributed by atoms with van der Waals surface area (Å²) in [4.78, 5) is 21.8. The highest BCUT2D eigenvalue weighted by molar-refractivity contribution is 6.36. The molecule has 2 aromatic rings. The highest BCUT2D eigenvalue weighted by Gasteiger charge is 2.22. The van der Waals surface area contributed by atoms with Crippen molar-refractivity contribution in [2.75, 3.05) is 7.11 Å². The first-order chi connectivity index (χ1) is 10.9. The van der Waals surface area contributed by atoms with Crippen LogP contribution in [0.2, 0.25) is 10.0 Å². The molecule has 0 spiro atoms. The van der Waals surface area contributed by atoms with E-state index in [0.29, 0.717) is 16.3 Å². The lowest BCUT2D eigenvalue weighted by molar-refractivity contribution is -0.385. The normalized spacial score (nSPS) is 10.7. The molecule has 0 aliphatic carbocycles. The Kier molecular flexibility index (Phi) is 5.14. The Morgan fingerprint density at radius 1 is 1.52 bits per heavy atom. The molecule has 23 heavy (non-hydrogen) atoms. The molecule has 2 rings (SSSR count). The number of hydrogen-bond acceptors (Lipinski definition) is 6. The fourth-order valence-electron chi connectivity index (χ4n) is 1.69. The summed E-state index contributed by atoms with van der Waals surface area (Å²) >= 11 is 11.8. The van der Waals surface area contributed by atoms with E-state index in [-0.39, 0.29) is 10.7 Å². The summed E-state index contributed by atoms with van der Waals surface area (Å²) in [6.07, 6.45) is 2.18. The smallest absolute Gasteiger partial charge is 0.319 e. The number of ether oxygens (including phenoxy) is 1. The van der Waals surface area contributed by atoms with Crippen LogP contribution >= 0.6 is 23.2 Å². The average Bonchev–Trinajstić information content (AvgIpc) is 2.96. The first-order valence-corrected chi connectivity index (χ1v) is 6.73. The number of methoxy groups -OCH3 is 1. The van der Waals surface area contributed by atoms with Crippen LogP contribution < -0.4 is 10.2 Å². The second-order valence-electron chi connectivity index (χ2n) is 4.10. The molecular weight excluding hydrogens is 349 g/mol. The molecule has 0 atom stereocenters. The summed E-state index contributed by atoms with van der Waals surface area (Å²) in [6, 6.07) is 3.02. The molecule has 9 nitrogen and oxygen atoms in total. The van der Waals surface area contributed by atoms with Gasteiger partial charge in [0.2, 0.25) is 5.69 Å². The fraction of sp³-hybridized carbons (Fsp3) is 0.0833. The van der Waals surface area contributed by atoms with E-state index >= 15 is 0 Å². The Morgan fingerprint density at radius 3 is 2.91 bits per heavy atom. The predicted molar refractivity (Wildman–Crippen MR) is 83.3 cm³/mol. The quantitative estimate of drug-likeness (QED) is 0.483. The Labute approximate surface area is 139 Å². The largest absolute Gasteiger partial charge is 0.495 e. The molecule has 11 heteroatoms. The standard InChI is InChI=1S/C12H9Cl2N5O4/c1-23-11-6(2-7(13)3-8(11)14)4-15-18-12(20)10-9(19(21)22)5-16-17-10/h2-5H,1H3,(H,16,17)(H,18,20)/b15-4+. The lowest BCUT2D eigenvalue weighted by Gasteiger charge is -2.07. The molecule has 2 N–H and O–H groups in total. The molecule has 1 heterocycles. The van der Waals surface area contributed by atoms with Crippen LogP contribution in [0.3, 0.4) is 0 Å². The average molecular weight is 358 g/mol. The van der Waals surface area contributed by atoms with Gasteiger partial charge in [-0.05, 0) is 12.1 Å². The summed E-state index contributed by atoms with van der Waals surface area (Å²) in [5, 5.41) is 20.7. The second-order valence-corrected chi connectivity index (χ2v) is 4.94. The van der Waals surface area contributed by atoms with Crippen molar-refractivity contribution in [1.29, 1.82) is 0 Å². The molecule has 0 aliphatic rings. The SMILES string of the molecule is COc1c(Cl)cc(Cl)cc1/C=N/NC(=O)c1[nH]ncc1[N+](=O)[O-]. The summed E-state index contributed by atoms with van der Waals surface area (Å²) in [7, 11) is 1.42. The van der Waals surface area contributed by atoms with Gasteiger partial charge in [0, 0.05) is 10.6 Å². The number of nitrogens with zero attached hydrogens (tertiary/aromatic N) is 3. The number of hydrazone groups is 1. The van der Waals surface area contributed by atoms with Gasteiger partial charge in [0.1, 0.15) is 11.9 Å². The number of halogens is 2. The van der Waals surface area contributed by atoms with E-state index < -0.39 is 16.5 Å². The first-order valence-electron chi connectivity index (χ1n) is 5.98. The van der Waals surface area contributed by atoms with Crippen molar-refractivity contribution in [2.24, 2.45) is 5.10 Å². The minimum absolute atomic E-state index is 0.275. The van der Waals surface area contributed by atoms with Crippen LogP contribution in [0.1, 0.15) is 16.1 Å². The number of aromatic amines is 1. The van der Waals surface area contributed by atoms with E-state index in [1.165, 1.54) is 25.5 Å². The van der Waals surface area contributed by atoms with Crippen LogP contribution in [0.25, 0.3) is 0 Å². The number of benzene rings is 1. The maximum atomic E-state index is 11.8. The van der Waals surface area contributed by atoms with Gasteiger partial charge in [0.25, 0.3) is 5.91 Å². The maximum absolute atomic E-state index is 11.8. The maximum Gasteiger partial charge on any atom is 0.319 e. The van der Waals surface area contributed by atoms with E-state index in [9.17, 15) is 14.9 Å². The van der Waals surface area contributed by atoms with Crippen molar-refractivity contribution < 1.29 is 14.5 Å². The van der Waals surface area contributed by atoms with Crippen molar-refractivity contribution in [1.82, 2.24) is 15.6 Å². The molecule has 1 aromatic heterocycles. The topological polar surface area (TPSA) is 123 Å². The molecule has 0 saturated carbocycles. The third kappa shape index (κ3) is 3.76. The molecule has 0 saturated heterocycles. The summed E-state index contributed by atoms with van der Waals surface area (Å²) in [5.74, 6) is -0.501. The highest BCUT2D eigenvalue weighted by Crippen LogP contribution is 2.31. The second kappa shape index (κ2) is 7.07. The minimum Gasteiger partial charge on any atom is -0.495 e. The minimum atomic E-state index is -0.822. The van der Waals surface area contributed by atoms with Crippen LogP contribution in [0.4, 0.5) is 5.69 Å². The summed E-state index contributed by atoms with van der Waals surface area (Å²) in [6.45, 7) is 0. The third-order valence-corrected chi connectivity index (χ3v) is 3.15. The predicted octanol–water partition coefficient (Wildman–Crippen LogP) is 2.40. The monoisotopic (exact) mass is 357 g/mol. The van der Waals surface area contributed by atoms with Gasteiger partial charge < -0.3 is 4.74 Å². The molecule has 0 fully saturated rings. The van der Waals surface area contributed by atoms with Crippen molar-refractivity contribution >= 4 is 41.0 Å². The molecule has 0 bridgehead atoms. The molecule has 0 aliphatic heterocycles. The van der Waals surface area contributed by atoms with E-state index in [1.54, 1.807) is 0 Å². The molecule has 1 aromatic carbocycles. The van der Waals surface area contributed by atoms with E-state index in [0.717, 1.165) is 6.20 Å². The number of hydrogen-bond donors (Lipinski definition) is 2. The lowest BCUT2D eigenvalue weighted by Crippen LogP contribution is -2.19. The Morgan fingerprint density at radius 2 is 2.26 bits per heavy atom. The highest BCUT2D eigenvalue weighted by atomic mass is 35.5. The van der Waals surface area contributed by atoms with E-state index in [2.05, 4.69) is 20.7 Å². The zero-order valence-electron chi connectivity index (χ0n) is 11.5. The summed E-state index contributed by atoms with van der Waals surface area (Å²) in [5.41, 5.74) is 1.78. The van der Waals surface area contributed by atoms with Gasteiger partial charge in [-0.3, -0.25) is 20.0 Å². The number of nitrogens with one attached hydrogen (secondary N) is 2. The molecule has 0 unspecified atom stereocenters. The number of H-pyrrole nitrogens is 1. The zero-order chi connectivity index (χ0) is 17.0. The van der Waals surface area contributed by atoms with Gasteiger partial charge in [0.15, 0.2) is 0 Å². The van der Waals surface area contributed by atoms with Crippen LogP contribution in [0.15, 0.2) is 23.4 Å². The first kappa shape index (κ1) is 16.7. The Bertz CT molecular complexity index is 790. The van der Waals surface area contributed by atoms with E-state index in [4.69, 9.17) is 27.9 Å². The third-order valence-electron chi connectivity index (χ3n) is 2.65. The van der Waals surface area contributed by atoms with Crippen molar-refractivity contribution in [3.05, 3.63) is 49.7 Å². The van der Waals surface area contributed by atoms with Crippen molar-refractivity contribution in [3.63, 3.8) is 0 Å². The fourth-order valence-corrected chi connectivity index (χ4v) is 2.28. The molecular formula is C12H9Cl2N5O4. The number of carbonyl (C=O) groups excluding carboxylic acids is 1. The molecule has 0 radical (unpaired) electrons. The lowest BCUT2D eigenvalue weighted by atomic mass is 10.2. The van der Waals surface area contributed by atoms with Crippen molar-refractivity contribution in [3.8, 4) is 5.75 Å². The Hall–Kier alpha value is -2.65. The van der Waals surface area contributed by atoms with Gasteiger partial charge >= 0.3 is 5.69 Å². The van der Waals surface area contributed by atoms with Crippen LogP contribution in [0, 0.1) is 10.1 Å². The number of aromatic nitrogens is 2. The van der Waals surface area contributed by atoms with Gasteiger partial charge in [-0.25, -0.2) is 5.43 Å². The van der Waals surface area contributed by atoms with E-state index in [1.807, 2.05) is 0 Å². The van der Waals surface area contributed by atoms with Gasteiger partial charge in [0.05, 0.1) is 23.3 Å². The summed E-state index contributed by atoms with van der Waals surface area (Å²) < 4.78 is 5.11. The number of carbonyl (C=O) groups is 1. The van der Waals surface area contributed by atoms with Crippen molar-refractivity contribution in [2.45, 2.75) is 0 Å². The van der Waals surface area contributed by atoms with Crippen LogP contribution in [0.5, 0.6) is 5.75 Å². The number of rotatable bonds is 5. The Balaban J connectivity index is 2.18.